The zero-order valence-electron chi connectivity index (χ0n) is 12.3. The molecule has 0 saturated carbocycles. The monoisotopic (exact) mass is 272 g/mol. The average molecular weight is 273 g/mol. The molecule has 0 rings (SSSR count). The molecule has 0 aromatic heterocycles. The minimum Gasteiger partial charge on any atom is -1.00 e. The molecular formula is C16H41K. The van der Waals surface area contributed by atoms with Crippen molar-refractivity contribution < 1.29 is 52.8 Å². The van der Waals surface area contributed by atoms with Gasteiger partial charge in [0.25, 0.3) is 0 Å². The van der Waals surface area contributed by atoms with E-state index >= 15 is 0 Å². The molecule has 0 aliphatic rings. The van der Waals surface area contributed by atoms with E-state index in [9.17, 15) is 0 Å². The van der Waals surface area contributed by atoms with Crippen molar-refractivity contribution in [3.8, 4) is 0 Å². The van der Waals surface area contributed by atoms with E-state index in [4.69, 9.17) is 0 Å². The predicted molar refractivity (Wildman–Crippen MR) is 83.2 cm³/mol. The molecular weight excluding hydrogens is 231 g/mol. The summed E-state index contributed by atoms with van der Waals surface area (Å²) in [6.07, 6.45) is 6.94. The Kier molecular flexibility index (Phi) is 36.6. The van der Waals surface area contributed by atoms with E-state index in [0.29, 0.717) is 0 Å². The van der Waals surface area contributed by atoms with E-state index in [1.165, 1.54) is 32.1 Å². The van der Waals surface area contributed by atoms with Crippen LogP contribution in [0.5, 0.6) is 0 Å². The number of unbranched alkanes of at least 4 members (excludes halogenated alkanes) is 1. The van der Waals surface area contributed by atoms with Gasteiger partial charge in [0.1, 0.15) is 0 Å². The fourth-order valence-electron chi connectivity index (χ4n) is 1.84. The molecule has 0 radical (unpaired) electrons. The third kappa shape index (κ3) is 17.6. The number of hydrogen-bond acceptors (Lipinski definition) is 0. The van der Waals surface area contributed by atoms with Gasteiger partial charge in [-0.2, -0.15) is 0 Å². The first-order chi connectivity index (χ1) is 6.11. The van der Waals surface area contributed by atoms with E-state index in [0.717, 1.165) is 17.8 Å². The minimum atomic E-state index is 0. The molecule has 0 saturated heterocycles. The first-order valence-electron chi connectivity index (χ1n) is 6.11. The van der Waals surface area contributed by atoms with Crippen LogP contribution in [0, 0.1) is 17.8 Å². The molecule has 0 amide bonds. The summed E-state index contributed by atoms with van der Waals surface area (Å²) in [5, 5.41) is 0. The van der Waals surface area contributed by atoms with Crippen LogP contribution in [-0.4, -0.2) is 0 Å². The Bertz CT molecular complexity index is 118. The van der Waals surface area contributed by atoms with Crippen LogP contribution in [0.1, 0.15) is 90.4 Å². The Labute approximate surface area is 158 Å². The van der Waals surface area contributed by atoms with E-state index in [2.05, 4.69) is 34.6 Å². The van der Waals surface area contributed by atoms with Crippen molar-refractivity contribution in [1.82, 2.24) is 0 Å². The maximum Gasteiger partial charge on any atom is 1.00 e. The second-order valence-electron chi connectivity index (χ2n) is 4.85. The standard InChI is InChI=1S/C13H28.3CH4.K.H/c1-6-8-9-12(4)13(5)10-11(3)7-2;;;;;/h11-13H,6-10H2,1-5H3;3*1H4;;/q;;;;+1;-1. The summed E-state index contributed by atoms with van der Waals surface area (Å²) < 4.78 is 0. The topological polar surface area (TPSA) is 0 Å². The molecule has 0 aliphatic heterocycles. The Balaban J connectivity index is -0.0000000720. The maximum absolute atomic E-state index is 2.42. The fraction of sp³-hybridized carbons (Fsp3) is 1.00. The first kappa shape index (κ1) is 31.2. The van der Waals surface area contributed by atoms with Gasteiger partial charge < -0.3 is 1.43 Å². The Hall–Kier alpha value is 1.64. The summed E-state index contributed by atoms with van der Waals surface area (Å²) in [5.41, 5.74) is 0. The molecule has 0 N–H and O–H groups in total. The quantitative estimate of drug-likeness (QED) is 0.617. The van der Waals surface area contributed by atoms with Gasteiger partial charge in [-0.15, -0.1) is 0 Å². The molecule has 0 heterocycles. The van der Waals surface area contributed by atoms with Gasteiger partial charge in [0, 0.05) is 0 Å². The Morgan fingerprint density at radius 3 is 1.71 bits per heavy atom. The van der Waals surface area contributed by atoms with E-state index in [-0.39, 0.29) is 75.1 Å². The van der Waals surface area contributed by atoms with Crippen LogP contribution in [0.4, 0.5) is 0 Å². The summed E-state index contributed by atoms with van der Waals surface area (Å²) in [7, 11) is 0. The SMILES string of the molecule is C.C.C.CCCCC(C)C(C)CC(C)CC.[H-].[K+]. The molecule has 0 aromatic carbocycles. The van der Waals surface area contributed by atoms with Crippen LogP contribution >= 0.6 is 0 Å². The van der Waals surface area contributed by atoms with Crippen molar-refractivity contribution in [2.75, 3.05) is 0 Å². The smallest absolute Gasteiger partial charge is 1.00 e. The van der Waals surface area contributed by atoms with E-state index < -0.39 is 0 Å². The third-order valence-electron chi connectivity index (χ3n) is 3.46. The molecule has 3 atom stereocenters. The normalized spacial score (nSPS) is 13.9. The van der Waals surface area contributed by atoms with Crippen LogP contribution < -0.4 is 51.4 Å². The average Bonchev–Trinajstić information content (AvgIpc) is 2.13. The molecule has 0 fully saturated rings. The molecule has 0 spiro atoms. The third-order valence-corrected chi connectivity index (χ3v) is 3.46. The van der Waals surface area contributed by atoms with Gasteiger partial charge in [0.05, 0.1) is 0 Å². The van der Waals surface area contributed by atoms with Crippen LogP contribution in [0.3, 0.4) is 0 Å². The van der Waals surface area contributed by atoms with Crippen molar-refractivity contribution in [3.05, 3.63) is 0 Å². The summed E-state index contributed by atoms with van der Waals surface area (Å²) >= 11 is 0. The summed E-state index contributed by atoms with van der Waals surface area (Å²) in [6.45, 7) is 11.8. The minimum absolute atomic E-state index is 0. The van der Waals surface area contributed by atoms with Crippen LogP contribution in [-0.2, 0) is 0 Å². The van der Waals surface area contributed by atoms with Crippen molar-refractivity contribution >= 4 is 0 Å². The molecule has 1 heteroatoms. The predicted octanol–water partition coefficient (Wildman–Crippen LogP) is 3.91. The van der Waals surface area contributed by atoms with Crippen molar-refractivity contribution in [3.63, 3.8) is 0 Å². The zero-order valence-corrected chi connectivity index (χ0v) is 14.4. The van der Waals surface area contributed by atoms with Gasteiger partial charge in [-0.25, -0.2) is 0 Å². The molecule has 0 aromatic rings. The zero-order chi connectivity index (χ0) is 10.3. The van der Waals surface area contributed by atoms with Crippen LogP contribution in [0.25, 0.3) is 0 Å². The second kappa shape index (κ2) is 20.0. The molecule has 3 unspecified atom stereocenters. The molecule has 0 bridgehead atoms. The molecule has 17 heavy (non-hydrogen) atoms. The number of rotatable bonds is 7. The summed E-state index contributed by atoms with van der Waals surface area (Å²) in [6, 6.07) is 0. The van der Waals surface area contributed by atoms with Crippen LogP contribution in [0.2, 0.25) is 0 Å². The van der Waals surface area contributed by atoms with E-state index in [1.54, 1.807) is 0 Å². The van der Waals surface area contributed by atoms with Crippen LogP contribution in [0.15, 0.2) is 0 Å². The van der Waals surface area contributed by atoms with Gasteiger partial charge in [-0.1, -0.05) is 82.6 Å². The summed E-state index contributed by atoms with van der Waals surface area (Å²) in [4.78, 5) is 0. The van der Waals surface area contributed by atoms with Gasteiger partial charge >= 0.3 is 51.4 Å². The Morgan fingerprint density at radius 2 is 1.35 bits per heavy atom. The van der Waals surface area contributed by atoms with Crippen molar-refractivity contribution in [2.24, 2.45) is 17.8 Å². The molecule has 106 valence electrons. The van der Waals surface area contributed by atoms with Gasteiger partial charge in [-0.3, -0.25) is 0 Å². The molecule has 0 nitrogen and oxygen atoms in total. The fourth-order valence-corrected chi connectivity index (χ4v) is 1.84. The van der Waals surface area contributed by atoms with Crippen molar-refractivity contribution in [1.29, 1.82) is 0 Å². The Morgan fingerprint density at radius 1 is 0.882 bits per heavy atom. The van der Waals surface area contributed by atoms with Gasteiger partial charge in [0.2, 0.25) is 0 Å². The molecule has 0 aliphatic carbocycles. The van der Waals surface area contributed by atoms with E-state index in [1.807, 2.05) is 0 Å². The first-order valence-corrected chi connectivity index (χ1v) is 6.11. The maximum atomic E-state index is 2.42. The largest absolute Gasteiger partial charge is 1.00 e. The van der Waals surface area contributed by atoms with Gasteiger partial charge in [0.15, 0.2) is 0 Å². The van der Waals surface area contributed by atoms with Crippen molar-refractivity contribution in [2.45, 2.75) is 89.0 Å². The summed E-state index contributed by atoms with van der Waals surface area (Å²) in [5.74, 6) is 2.76. The number of hydrogen-bond donors (Lipinski definition) is 0. The van der Waals surface area contributed by atoms with Gasteiger partial charge in [-0.05, 0) is 24.2 Å². The second-order valence-corrected chi connectivity index (χ2v) is 4.85.